The van der Waals surface area contributed by atoms with Gasteiger partial charge in [0.1, 0.15) is 23.9 Å². The lowest BCUT2D eigenvalue weighted by molar-refractivity contribution is -0.122. The second-order valence-electron chi connectivity index (χ2n) is 7.46. The molecule has 164 valence electrons. The quantitative estimate of drug-likeness (QED) is 0.475. The minimum Gasteiger partial charge on any atom is -0.487 e. The van der Waals surface area contributed by atoms with Gasteiger partial charge in [-0.05, 0) is 62.7 Å². The zero-order valence-corrected chi connectivity index (χ0v) is 18.0. The lowest BCUT2D eigenvalue weighted by atomic mass is 10.2. The van der Waals surface area contributed by atoms with Crippen molar-refractivity contribution in [2.24, 2.45) is 0 Å². The molecule has 0 radical (unpaired) electrons. The molecule has 0 unspecified atom stereocenters. The molecule has 2 heterocycles. The summed E-state index contributed by atoms with van der Waals surface area (Å²) in [7, 11) is 0. The zero-order chi connectivity index (χ0) is 22.7. The smallest absolute Gasteiger partial charge is 0.287 e. The van der Waals surface area contributed by atoms with Crippen LogP contribution in [0.4, 0.5) is 5.69 Å². The van der Waals surface area contributed by atoms with Crippen molar-refractivity contribution >= 4 is 17.2 Å². The molecule has 2 aromatic carbocycles. The predicted molar refractivity (Wildman–Crippen MR) is 119 cm³/mol. The van der Waals surface area contributed by atoms with Crippen LogP contribution in [0.5, 0.6) is 11.5 Å². The normalized spacial score (nSPS) is 11.8. The van der Waals surface area contributed by atoms with Gasteiger partial charge in [-0.15, -0.1) is 4.57 Å². The highest BCUT2D eigenvalue weighted by molar-refractivity contribution is 5.94. The maximum atomic E-state index is 12.4. The molecule has 0 bridgehead atoms. The van der Waals surface area contributed by atoms with Crippen LogP contribution in [0.2, 0.25) is 0 Å². The summed E-state index contributed by atoms with van der Waals surface area (Å²) >= 11 is 0. The molecule has 0 spiro atoms. The highest BCUT2D eigenvalue weighted by Gasteiger charge is 2.15. The van der Waals surface area contributed by atoms with Gasteiger partial charge >= 0.3 is 0 Å². The molecule has 1 N–H and O–H groups in total. The highest BCUT2D eigenvalue weighted by Crippen LogP contribution is 2.18. The first kappa shape index (κ1) is 21.2. The van der Waals surface area contributed by atoms with Crippen LogP contribution in [0.1, 0.15) is 23.9 Å². The van der Waals surface area contributed by atoms with E-state index in [1.54, 1.807) is 44.2 Å². The van der Waals surface area contributed by atoms with Crippen LogP contribution < -0.4 is 20.3 Å². The number of benzene rings is 2. The summed E-state index contributed by atoms with van der Waals surface area (Å²) in [5.74, 6) is 1.57. The summed E-state index contributed by atoms with van der Waals surface area (Å²) in [6, 6.07) is 17.5. The van der Waals surface area contributed by atoms with Crippen LogP contribution in [-0.2, 0) is 11.4 Å². The molecule has 1 amide bonds. The third kappa shape index (κ3) is 4.97. The zero-order valence-electron chi connectivity index (χ0n) is 18.0. The van der Waals surface area contributed by atoms with Crippen molar-refractivity contribution in [3.8, 4) is 11.5 Å². The summed E-state index contributed by atoms with van der Waals surface area (Å²) < 4.78 is 17.8. The predicted octanol–water partition coefficient (Wildman–Crippen LogP) is 3.89. The molecule has 0 fully saturated rings. The minimum atomic E-state index is -0.653. The molecule has 2 aromatic heterocycles. The van der Waals surface area contributed by atoms with Gasteiger partial charge in [-0.3, -0.25) is 9.59 Å². The third-order valence-electron chi connectivity index (χ3n) is 4.70. The Bertz CT molecular complexity index is 1310. The topological polar surface area (TPSA) is 95.1 Å². The van der Waals surface area contributed by atoms with E-state index in [2.05, 4.69) is 10.3 Å². The van der Waals surface area contributed by atoms with Gasteiger partial charge in [0.25, 0.3) is 11.5 Å². The Morgan fingerprint density at radius 3 is 2.62 bits per heavy atom. The Morgan fingerprint density at radius 2 is 1.88 bits per heavy atom. The summed E-state index contributed by atoms with van der Waals surface area (Å²) in [5.41, 5.74) is 2.31. The Hall–Kier alpha value is -4.07. The lowest BCUT2D eigenvalue weighted by Gasteiger charge is -2.15. The van der Waals surface area contributed by atoms with E-state index in [1.165, 1.54) is 6.07 Å². The largest absolute Gasteiger partial charge is 0.487 e. The summed E-state index contributed by atoms with van der Waals surface area (Å²) in [4.78, 5) is 28.9. The average Bonchev–Trinajstić information content (AvgIpc) is 3.14. The Morgan fingerprint density at radius 1 is 1.09 bits per heavy atom. The second kappa shape index (κ2) is 8.97. The first-order valence-electron chi connectivity index (χ1n) is 10.1. The number of hydrogen-bond acceptors (Lipinski definition) is 6. The number of rotatable bonds is 7. The van der Waals surface area contributed by atoms with E-state index >= 15 is 0 Å². The van der Waals surface area contributed by atoms with Crippen LogP contribution in [0.15, 0.2) is 70.0 Å². The fraction of sp³-hybridized carbons (Fsp3) is 0.208. The Kier molecular flexibility index (Phi) is 5.93. The molecule has 32 heavy (non-hydrogen) atoms. The fourth-order valence-electron chi connectivity index (χ4n) is 3.13. The van der Waals surface area contributed by atoms with Crippen molar-refractivity contribution in [2.75, 3.05) is 5.32 Å². The van der Waals surface area contributed by atoms with Gasteiger partial charge in [-0.2, -0.15) is 0 Å². The number of aromatic nitrogens is 2. The Labute approximate surface area is 184 Å². The van der Waals surface area contributed by atoms with E-state index in [0.29, 0.717) is 34.3 Å². The van der Waals surface area contributed by atoms with E-state index in [-0.39, 0.29) is 18.1 Å². The first-order valence-corrected chi connectivity index (χ1v) is 10.1. The number of hydrogen-bond donors (Lipinski definition) is 1. The Balaban J connectivity index is 1.33. The van der Waals surface area contributed by atoms with E-state index in [4.69, 9.17) is 14.0 Å². The van der Waals surface area contributed by atoms with Crippen molar-refractivity contribution < 1.29 is 18.8 Å². The van der Waals surface area contributed by atoms with Crippen LogP contribution in [0, 0.1) is 13.8 Å². The molecule has 0 aliphatic carbocycles. The van der Waals surface area contributed by atoms with E-state index < -0.39 is 6.10 Å². The minimum absolute atomic E-state index is 0.128. The third-order valence-corrected chi connectivity index (χ3v) is 4.70. The number of anilines is 1. The molecule has 8 nitrogen and oxygen atoms in total. The maximum absolute atomic E-state index is 12.4. The molecule has 0 saturated carbocycles. The molecule has 4 rings (SSSR count). The average molecular weight is 433 g/mol. The van der Waals surface area contributed by atoms with Gasteiger partial charge in [-0.1, -0.05) is 12.1 Å². The number of ether oxygens (including phenoxy) is 2. The number of nitrogens with one attached hydrogen (secondary N) is 1. The highest BCUT2D eigenvalue weighted by atomic mass is 16.5. The molecule has 1 atom stereocenters. The SMILES string of the molecule is Cc1cccc(O[C@H](C)C(=O)Nc2ccc(OCc3cc(=O)n4oc(C)cc4n3)cc2)c1. The van der Waals surface area contributed by atoms with Crippen molar-refractivity contribution in [1.82, 2.24) is 9.56 Å². The fourth-order valence-corrected chi connectivity index (χ4v) is 3.13. The van der Waals surface area contributed by atoms with Gasteiger partial charge in [0.15, 0.2) is 11.8 Å². The molecule has 0 aliphatic heterocycles. The molecule has 8 heteroatoms. The lowest BCUT2D eigenvalue weighted by Crippen LogP contribution is -2.30. The monoisotopic (exact) mass is 433 g/mol. The molecule has 0 saturated heterocycles. The van der Waals surface area contributed by atoms with E-state index in [0.717, 1.165) is 10.1 Å². The van der Waals surface area contributed by atoms with Crippen molar-refractivity contribution in [1.29, 1.82) is 0 Å². The van der Waals surface area contributed by atoms with Gasteiger partial charge < -0.3 is 19.3 Å². The number of fused-ring (bicyclic) bond motifs is 1. The molecular weight excluding hydrogens is 410 g/mol. The molecular formula is C24H23N3O5. The van der Waals surface area contributed by atoms with Gasteiger partial charge in [0.05, 0.1) is 5.69 Å². The number of nitrogens with zero attached hydrogens (tertiary/aromatic N) is 2. The second-order valence-corrected chi connectivity index (χ2v) is 7.46. The van der Waals surface area contributed by atoms with Crippen LogP contribution in [0.25, 0.3) is 5.65 Å². The van der Waals surface area contributed by atoms with E-state index in [9.17, 15) is 9.59 Å². The van der Waals surface area contributed by atoms with Crippen molar-refractivity contribution in [3.63, 3.8) is 0 Å². The van der Waals surface area contributed by atoms with Crippen molar-refractivity contribution in [2.45, 2.75) is 33.5 Å². The number of aryl methyl sites for hydroxylation is 2. The van der Waals surface area contributed by atoms with Gasteiger partial charge in [-0.25, -0.2) is 4.98 Å². The summed E-state index contributed by atoms with van der Waals surface area (Å²) in [5, 5.41) is 2.82. The van der Waals surface area contributed by atoms with Crippen LogP contribution in [-0.4, -0.2) is 21.6 Å². The van der Waals surface area contributed by atoms with E-state index in [1.807, 2.05) is 31.2 Å². The van der Waals surface area contributed by atoms with Crippen LogP contribution >= 0.6 is 0 Å². The maximum Gasteiger partial charge on any atom is 0.287 e. The van der Waals surface area contributed by atoms with Gasteiger partial charge in [0, 0.05) is 17.8 Å². The number of carbonyl (C=O) groups excluding carboxylic acids is 1. The van der Waals surface area contributed by atoms with Gasteiger partial charge in [0.2, 0.25) is 0 Å². The standard InChI is InChI=1S/C24H23N3O5/c1-15-5-4-6-21(11-15)31-17(3)24(29)26-18-7-9-20(10-8-18)30-14-19-13-23(28)27-22(25-19)12-16(2)32-27/h4-13,17H,14H2,1-3H3,(H,26,29)/t17-/m1/s1. The summed E-state index contributed by atoms with van der Waals surface area (Å²) in [6.07, 6.45) is -0.653. The van der Waals surface area contributed by atoms with Crippen LogP contribution in [0.3, 0.4) is 0 Å². The molecule has 0 aliphatic rings. The first-order chi connectivity index (χ1) is 15.4. The van der Waals surface area contributed by atoms with Crippen molar-refractivity contribution in [3.05, 3.63) is 88.0 Å². The number of carbonyl (C=O) groups is 1. The molecule has 4 aromatic rings. The summed E-state index contributed by atoms with van der Waals surface area (Å²) in [6.45, 7) is 5.54. The number of amides is 1.